The predicted octanol–water partition coefficient (Wildman–Crippen LogP) is 4.06. The second kappa shape index (κ2) is 5.50. The Morgan fingerprint density at radius 1 is 1.39 bits per heavy atom. The molecule has 0 bridgehead atoms. The van der Waals surface area contributed by atoms with Crippen molar-refractivity contribution in [3.8, 4) is 0 Å². The van der Waals surface area contributed by atoms with Crippen molar-refractivity contribution in [2.45, 2.75) is 6.92 Å². The summed E-state index contributed by atoms with van der Waals surface area (Å²) in [5.41, 5.74) is 1.32. The summed E-state index contributed by atoms with van der Waals surface area (Å²) in [6, 6.07) is 8.82. The molecule has 3 nitrogen and oxygen atoms in total. The van der Waals surface area contributed by atoms with Gasteiger partial charge < -0.3 is 5.32 Å². The SMILES string of the molecule is Cc1cccnc1NC(=O)c1ccc(Br)cc1Cl. The van der Waals surface area contributed by atoms with Gasteiger partial charge in [-0.15, -0.1) is 0 Å². The Labute approximate surface area is 118 Å². The van der Waals surface area contributed by atoms with Crippen LogP contribution in [0, 0.1) is 6.92 Å². The first-order valence-corrected chi connectivity index (χ1v) is 6.43. The lowest BCUT2D eigenvalue weighted by molar-refractivity contribution is 0.102. The van der Waals surface area contributed by atoms with E-state index < -0.39 is 0 Å². The average Bonchev–Trinajstić information content (AvgIpc) is 2.32. The zero-order valence-electron chi connectivity index (χ0n) is 9.58. The van der Waals surface area contributed by atoms with Crippen LogP contribution in [0.25, 0.3) is 0 Å². The number of benzene rings is 1. The van der Waals surface area contributed by atoms with Crippen molar-refractivity contribution in [1.29, 1.82) is 0 Å². The summed E-state index contributed by atoms with van der Waals surface area (Å²) in [5.74, 6) is 0.274. The van der Waals surface area contributed by atoms with Crippen LogP contribution < -0.4 is 5.32 Å². The summed E-state index contributed by atoms with van der Waals surface area (Å²) >= 11 is 9.31. The molecule has 92 valence electrons. The van der Waals surface area contributed by atoms with Crippen molar-refractivity contribution < 1.29 is 4.79 Å². The maximum absolute atomic E-state index is 12.0. The van der Waals surface area contributed by atoms with Crippen LogP contribution in [0.1, 0.15) is 15.9 Å². The molecule has 1 amide bonds. The van der Waals surface area contributed by atoms with Gasteiger partial charge in [0.15, 0.2) is 0 Å². The molecule has 1 aromatic carbocycles. The molecule has 0 aliphatic rings. The molecule has 5 heteroatoms. The number of aryl methyl sites for hydroxylation is 1. The van der Waals surface area contributed by atoms with Crippen molar-refractivity contribution in [2.75, 3.05) is 5.32 Å². The molecule has 2 aromatic rings. The Balaban J connectivity index is 2.25. The van der Waals surface area contributed by atoms with Crippen LogP contribution in [0.5, 0.6) is 0 Å². The van der Waals surface area contributed by atoms with E-state index in [-0.39, 0.29) is 5.91 Å². The monoisotopic (exact) mass is 324 g/mol. The quantitative estimate of drug-likeness (QED) is 0.905. The minimum absolute atomic E-state index is 0.269. The molecule has 0 radical (unpaired) electrons. The number of carbonyl (C=O) groups is 1. The van der Waals surface area contributed by atoms with Crippen LogP contribution >= 0.6 is 27.5 Å². The molecule has 0 saturated carbocycles. The van der Waals surface area contributed by atoms with E-state index >= 15 is 0 Å². The molecular formula is C13H10BrClN2O. The van der Waals surface area contributed by atoms with Gasteiger partial charge in [-0.05, 0) is 36.8 Å². The number of carbonyl (C=O) groups excluding carboxylic acids is 1. The van der Waals surface area contributed by atoms with Gasteiger partial charge in [-0.1, -0.05) is 33.6 Å². The largest absolute Gasteiger partial charge is 0.306 e. The molecule has 1 N–H and O–H groups in total. The van der Waals surface area contributed by atoms with Gasteiger partial charge in [0.2, 0.25) is 0 Å². The molecule has 0 spiro atoms. The van der Waals surface area contributed by atoms with Crippen molar-refractivity contribution in [2.24, 2.45) is 0 Å². The Kier molecular flexibility index (Phi) is 3.99. The Hall–Kier alpha value is -1.39. The van der Waals surface area contributed by atoms with E-state index in [0.29, 0.717) is 16.4 Å². The van der Waals surface area contributed by atoms with E-state index in [2.05, 4.69) is 26.2 Å². The lowest BCUT2D eigenvalue weighted by Gasteiger charge is -2.08. The molecule has 2 rings (SSSR count). The molecule has 0 fully saturated rings. The predicted molar refractivity (Wildman–Crippen MR) is 76.1 cm³/mol. The zero-order chi connectivity index (χ0) is 13.1. The minimum atomic E-state index is -0.269. The summed E-state index contributed by atoms with van der Waals surface area (Å²) in [7, 11) is 0. The summed E-state index contributed by atoms with van der Waals surface area (Å²) in [6.07, 6.45) is 1.63. The third-order valence-electron chi connectivity index (χ3n) is 2.42. The number of hydrogen-bond donors (Lipinski definition) is 1. The van der Waals surface area contributed by atoms with E-state index in [1.54, 1.807) is 24.4 Å². The molecule has 0 atom stereocenters. The Morgan fingerprint density at radius 2 is 2.17 bits per heavy atom. The number of amides is 1. The van der Waals surface area contributed by atoms with Crippen LogP contribution in [0.4, 0.5) is 5.82 Å². The van der Waals surface area contributed by atoms with E-state index in [0.717, 1.165) is 10.0 Å². The van der Waals surface area contributed by atoms with Gasteiger partial charge >= 0.3 is 0 Å². The molecular weight excluding hydrogens is 316 g/mol. The van der Waals surface area contributed by atoms with Crippen molar-refractivity contribution in [3.63, 3.8) is 0 Å². The normalized spacial score (nSPS) is 10.2. The standard InChI is InChI=1S/C13H10BrClN2O/c1-8-3-2-6-16-12(8)17-13(18)10-5-4-9(14)7-11(10)15/h2-7H,1H3,(H,16,17,18). The fourth-order valence-electron chi connectivity index (χ4n) is 1.47. The number of pyridine rings is 1. The second-order valence-corrected chi connectivity index (χ2v) is 5.07. The summed E-state index contributed by atoms with van der Waals surface area (Å²) in [5, 5.41) is 3.14. The third-order valence-corrected chi connectivity index (χ3v) is 3.22. The van der Waals surface area contributed by atoms with Gasteiger partial charge in [0.25, 0.3) is 5.91 Å². The van der Waals surface area contributed by atoms with Crippen LogP contribution in [0.15, 0.2) is 41.0 Å². The van der Waals surface area contributed by atoms with Gasteiger partial charge in [0, 0.05) is 10.7 Å². The first kappa shape index (κ1) is 13.1. The van der Waals surface area contributed by atoms with Crippen molar-refractivity contribution >= 4 is 39.3 Å². The van der Waals surface area contributed by atoms with Crippen LogP contribution in [-0.2, 0) is 0 Å². The first-order chi connectivity index (χ1) is 8.58. The fraction of sp³-hybridized carbons (Fsp3) is 0.0769. The molecule has 0 aliphatic heterocycles. The van der Waals surface area contributed by atoms with Crippen LogP contribution in [-0.4, -0.2) is 10.9 Å². The van der Waals surface area contributed by atoms with Gasteiger partial charge in [-0.25, -0.2) is 4.98 Å². The zero-order valence-corrected chi connectivity index (χ0v) is 11.9. The summed E-state index contributed by atoms with van der Waals surface area (Å²) < 4.78 is 0.832. The minimum Gasteiger partial charge on any atom is -0.306 e. The molecule has 18 heavy (non-hydrogen) atoms. The number of rotatable bonds is 2. The van der Waals surface area contributed by atoms with Crippen LogP contribution in [0.2, 0.25) is 5.02 Å². The number of anilines is 1. The van der Waals surface area contributed by atoms with E-state index in [1.807, 2.05) is 19.1 Å². The number of hydrogen-bond acceptors (Lipinski definition) is 2. The van der Waals surface area contributed by atoms with Gasteiger partial charge in [-0.2, -0.15) is 0 Å². The highest BCUT2D eigenvalue weighted by molar-refractivity contribution is 9.10. The lowest BCUT2D eigenvalue weighted by atomic mass is 10.2. The van der Waals surface area contributed by atoms with Gasteiger partial charge in [0.05, 0.1) is 10.6 Å². The molecule has 0 aliphatic carbocycles. The smallest absolute Gasteiger partial charge is 0.258 e. The maximum Gasteiger partial charge on any atom is 0.258 e. The average molecular weight is 326 g/mol. The third kappa shape index (κ3) is 2.89. The van der Waals surface area contributed by atoms with Crippen LogP contribution in [0.3, 0.4) is 0 Å². The first-order valence-electron chi connectivity index (χ1n) is 5.26. The summed E-state index contributed by atoms with van der Waals surface area (Å²) in [6.45, 7) is 1.88. The van der Waals surface area contributed by atoms with E-state index in [9.17, 15) is 4.79 Å². The Bertz CT molecular complexity index is 601. The number of halogens is 2. The van der Waals surface area contributed by atoms with Crippen molar-refractivity contribution in [3.05, 3.63) is 57.2 Å². The Morgan fingerprint density at radius 3 is 2.83 bits per heavy atom. The molecule has 0 saturated heterocycles. The number of aromatic nitrogens is 1. The van der Waals surface area contributed by atoms with Gasteiger partial charge in [0.1, 0.15) is 5.82 Å². The molecule has 1 aromatic heterocycles. The molecule has 0 unspecified atom stereocenters. The fourth-order valence-corrected chi connectivity index (χ4v) is 2.22. The van der Waals surface area contributed by atoms with Gasteiger partial charge in [-0.3, -0.25) is 4.79 Å². The van der Waals surface area contributed by atoms with E-state index in [4.69, 9.17) is 11.6 Å². The maximum atomic E-state index is 12.0. The molecule has 1 heterocycles. The second-order valence-electron chi connectivity index (χ2n) is 3.75. The highest BCUT2D eigenvalue weighted by Gasteiger charge is 2.12. The number of nitrogens with one attached hydrogen (secondary N) is 1. The highest BCUT2D eigenvalue weighted by atomic mass is 79.9. The highest BCUT2D eigenvalue weighted by Crippen LogP contribution is 2.22. The lowest BCUT2D eigenvalue weighted by Crippen LogP contribution is -2.14. The summed E-state index contributed by atoms with van der Waals surface area (Å²) in [4.78, 5) is 16.2. The number of nitrogens with zero attached hydrogens (tertiary/aromatic N) is 1. The topological polar surface area (TPSA) is 42.0 Å². The van der Waals surface area contributed by atoms with Crippen molar-refractivity contribution in [1.82, 2.24) is 4.98 Å². The van der Waals surface area contributed by atoms with E-state index in [1.165, 1.54) is 0 Å².